The summed E-state index contributed by atoms with van der Waals surface area (Å²) in [4.78, 5) is 42.1. The molecular formula is C26H31N3O5. The van der Waals surface area contributed by atoms with Crippen LogP contribution in [0.1, 0.15) is 33.1 Å². The Morgan fingerprint density at radius 1 is 1.18 bits per heavy atom. The van der Waals surface area contributed by atoms with Crippen LogP contribution in [-0.4, -0.2) is 64.7 Å². The summed E-state index contributed by atoms with van der Waals surface area (Å²) >= 11 is 0. The van der Waals surface area contributed by atoms with Crippen molar-refractivity contribution in [3.63, 3.8) is 0 Å². The molecule has 0 radical (unpaired) electrons. The quantitative estimate of drug-likeness (QED) is 0.605. The Balaban J connectivity index is 1.56. The molecule has 2 unspecified atom stereocenters. The minimum atomic E-state index is -1.10. The maximum Gasteiger partial charge on any atom is 0.250 e. The minimum Gasteiger partial charge on any atom is -0.394 e. The Kier molecular flexibility index (Phi) is 5.41. The lowest BCUT2D eigenvalue weighted by Crippen LogP contribution is -2.56. The Hall–Kier alpha value is -2.97. The molecule has 0 aliphatic carbocycles. The molecule has 8 nitrogen and oxygen atoms in total. The van der Waals surface area contributed by atoms with Crippen LogP contribution in [0.5, 0.6) is 0 Å². The Morgan fingerprint density at radius 2 is 1.91 bits per heavy atom. The average Bonchev–Trinajstić information content (AvgIpc) is 3.40. The van der Waals surface area contributed by atoms with Gasteiger partial charge in [0, 0.05) is 12.7 Å². The fourth-order valence-corrected chi connectivity index (χ4v) is 6.50. The highest BCUT2D eigenvalue weighted by Crippen LogP contribution is 2.63. The highest BCUT2D eigenvalue weighted by Gasteiger charge is 2.78. The number of aliphatic hydroxyl groups is 1. The molecule has 5 rings (SSSR count). The van der Waals surface area contributed by atoms with E-state index in [-0.39, 0.29) is 24.3 Å². The van der Waals surface area contributed by atoms with Crippen molar-refractivity contribution in [1.29, 1.82) is 0 Å². The van der Waals surface area contributed by atoms with Gasteiger partial charge < -0.3 is 25.4 Å². The van der Waals surface area contributed by atoms with E-state index in [1.54, 1.807) is 7.05 Å². The molecule has 2 aromatic rings. The van der Waals surface area contributed by atoms with Crippen molar-refractivity contribution in [1.82, 2.24) is 10.2 Å². The van der Waals surface area contributed by atoms with Crippen LogP contribution in [0.15, 0.2) is 42.5 Å². The van der Waals surface area contributed by atoms with Crippen LogP contribution in [0.3, 0.4) is 0 Å². The number of ether oxygens (including phenoxy) is 1. The first-order valence-corrected chi connectivity index (χ1v) is 11.9. The second-order valence-electron chi connectivity index (χ2n) is 9.88. The molecule has 3 N–H and O–H groups in total. The first-order valence-electron chi connectivity index (χ1n) is 11.9. The van der Waals surface area contributed by atoms with Crippen molar-refractivity contribution in [3.05, 3.63) is 42.5 Å². The van der Waals surface area contributed by atoms with Crippen molar-refractivity contribution >= 4 is 34.2 Å². The number of nitrogens with zero attached hydrogens (tertiary/aromatic N) is 1. The SMILES string of the molecule is CC[C@@H](CO)N1C(=O)[C@@H]2[C@H](C(=O)NC)[C@]3(C)CCC2(O3)C1C(=O)Nc1ccc2ccccc2c1. The van der Waals surface area contributed by atoms with Gasteiger partial charge in [-0.1, -0.05) is 37.3 Å². The summed E-state index contributed by atoms with van der Waals surface area (Å²) in [6, 6.07) is 12.1. The Morgan fingerprint density at radius 3 is 2.59 bits per heavy atom. The number of fused-ring (bicyclic) bond motifs is 2. The van der Waals surface area contributed by atoms with Crippen LogP contribution in [0.2, 0.25) is 0 Å². The monoisotopic (exact) mass is 465 g/mol. The van der Waals surface area contributed by atoms with Crippen LogP contribution >= 0.6 is 0 Å². The van der Waals surface area contributed by atoms with E-state index in [0.29, 0.717) is 24.9 Å². The number of hydrogen-bond donors (Lipinski definition) is 3. The number of hydrogen-bond acceptors (Lipinski definition) is 5. The Bertz CT molecular complexity index is 1160. The molecule has 180 valence electrons. The zero-order chi connectivity index (χ0) is 24.3. The number of carbonyl (C=O) groups excluding carboxylic acids is 3. The molecule has 3 aliphatic rings. The van der Waals surface area contributed by atoms with Crippen molar-refractivity contribution in [2.45, 2.75) is 56.4 Å². The predicted octanol–water partition coefficient (Wildman–Crippen LogP) is 2.06. The van der Waals surface area contributed by atoms with E-state index >= 15 is 0 Å². The van der Waals surface area contributed by atoms with E-state index < -0.39 is 35.1 Å². The van der Waals surface area contributed by atoms with E-state index in [1.165, 1.54) is 4.90 Å². The van der Waals surface area contributed by atoms with Crippen molar-refractivity contribution in [2.75, 3.05) is 19.0 Å². The number of anilines is 1. The molecule has 3 fully saturated rings. The topological polar surface area (TPSA) is 108 Å². The second-order valence-corrected chi connectivity index (χ2v) is 9.88. The summed E-state index contributed by atoms with van der Waals surface area (Å²) in [6.45, 7) is 3.46. The molecule has 0 aromatic heterocycles. The zero-order valence-electron chi connectivity index (χ0n) is 19.7. The number of rotatable bonds is 6. The zero-order valence-corrected chi connectivity index (χ0v) is 19.7. The molecule has 3 saturated heterocycles. The van der Waals surface area contributed by atoms with E-state index in [2.05, 4.69) is 10.6 Å². The summed E-state index contributed by atoms with van der Waals surface area (Å²) in [5.74, 6) is -2.36. The van der Waals surface area contributed by atoms with Gasteiger partial charge in [-0.2, -0.15) is 0 Å². The largest absolute Gasteiger partial charge is 0.394 e. The van der Waals surface area contributed by atoms with E-state index in [4.69, 9.17) is 4.74 Å². The van der Waals surface area contributed by atoms with Gasteiger partial charge in [0.1, 0.15) is 11.6 Å². The number of likely N-dealkylation sites (tertiary alicyclic amines) is 1. The number of carbonyl (C=O) groups is 3. The lowest BCUT2D eigenvalue weighted by atomic mass is 9.66. The number of aliphatic hydroxyl groups excluding tert-OH is 1. The fourth-order valence-electron chi connectivity index (χ4n) is 6.50. The smallest absolute Gasteiger partial charge is 0.250 e. The van der Waals surface area contributed by atoms with Crippen LogP contribution < -0.4 is 10.6 Å². The first kappa shape index (κ1) is 22.8. The summed E-state index contributed by atoms with van der Waals surface area (Å²) in [7, 11) is 1.55. The molecule has 2 bridgehead atoms. The van der Waals surface area contributed by atoms with Crippen molar-refractivity contribution in [2.24, 2.45) is 11.8 Å². The van der Waals surface area contributed by atoms with Crippen LogP contribution in [0, 0.1) is 11.8 Å². The molecule has 2 aromatic carbocycles. The Labute approximate surface area is 198 Å². The van der Waals surface area contributed by atoms with Crippen molar-refractivity contribution in [3.8, 4) is 0 Å². The molecule has 8 heteroatoms. The lowest BCUT2D eigenvalue weighted by Gasteiger charge is -2.36. The first-order chi connectivity index (χ1) is 16.3. The molecule has 6 atom stereocenters. The highest BCUT2D eigenvalue weighted by molar-refractivity contribution is 6.04. The van der Waals surface area contributed by atoms with Crippen LogP contribution in [-0.2, 0) is 19.1 Å². The standard InChI is InChI=1S/C26H31N3O5/c1-4-18(14-30)29-21(23(32)28-17-10-9-15-7-5-6-8-16(15)13-17)26-12-11-25(2,34-26)19(22(31)27-3)20(26)24(29)33/h5-10,13,18-21,30H,4,11-12,14H2,1-3H3,(H,27,31)(H,28,32)/t18-,19+,20-,21?,25-,26?/m0/s1. The molecule has 34 heavy (non-hydrogen) atoms. The maximum atomic E-state index is 13.9. The van der Waals surface area contributed by atoms with Gasteiger partial charge in [0.15, 0.2) is 0 Å². The van der Waals surface area contributed by atoms with Gasteiger partial charge in [-0.3, -0.25) is 14.4 Å². The third-order valence-corrected chi connectivity index (χ3v) is 8.08. The highest BCUT2D eigenvalue weighted by atomic mass is 16.5. The van der Waals surface area contributed by atoms with Gasteiger partial charge in [0.25, 0.3) is 0 Å². The van der Waals surface area contributed by atoms with Gasteiger partial charge in [0.05, 0.1) is 30.1 Å². The molecule has 0 saturated carbocycles. The number of nitrogens with one attached hydrogen (secondary N) is 2. The van der Waals surface area contributed by atoms with E-state index in [1.807, 2.05) is 56.3 Å². The average molecular weight is 466 g/mol. The normalized spacial score (nSPS) is 32.6. The predicted molar refractivity (Wildman–Crippen MR) is 127 cm³/mol. The fraction of sp³-hybridized carbons (Fsp3) is 0.500. The molecule has 3 aliphatic heterocycles. The van der Waals surface area contributed by atoms with Gasteiger partial charge >= 0.3 is 0 Å². The van der Waals surface area contributed by atoms with Crippen molar-refractivity contribution < 1.29 is 24.2 Å². The summed E-state index contributed by atoms with van der Waals surface area (Å²) in [5, 5.41) is 17.8. The van der Waals surface area contributed by atoms with Gasteiger partial charge in [-0.05, 0) is 49.1 Å². The summed E-state index contributed by atoms with van der Waals surface area (Å²) in [6.07, 6.45) is 1.56. The van der Waals surface area contributed by atoms with Crippen LogP contribution in [0.25, 0.3) is 10.8 Å². The number of benzene rings is 2. The third-order valence-electron chi connectivity index (χ3n) is 8.08. The van der Waals surface area contributed by atoms with E-state index in [9.17, 15) is 19.5 Å². The molecule has 3 amide bonds. The van der Waals surface area contributed by atoms with E-state index in [0.717, 1.165) is 10.8 Å². The molecule has 3 heterocycles. The molecule has 1 spiro atoms. The third kappa shape index (κ3) is 3.08. The maximum absolute atomic E-state index is 13.9. The second kappa shape index (κ2) is 8.06. The van der Waals surface area contributed by atoms with Crippen LogP contribution in [0.4, 0.5) is 5.69 Å². The summed E-state index contributed by atoms with van der Waals surface area (Å²) < 4.78 is 6.52. The molecular weight excluding hydrogens is 434 g/mol. The number of amides is 3. The van der Waals surface area contributed by atoms with Gasteiger partial charge in [0.2, 0.25) is 17.7 Å². The van der Waals surface area contributed by atoms with Gasteiger partial charge in [-0.15, -0.1) is 0 Å². The summed E-state index contributed by atoms with van der Waals surface area (Å²) in [5.41, 5.74) is -1.30. The van der Waals surface area contributed by atoms with Gasteiger partial charge in [-0.25, -0.2) is 0 Å². The minimum absolute atomic E-state index is 0.255. The lowest BCUT2D eigenvalue weighted by molar-refractivity contribution is -0.147.